The van der Waals surface area contributed by atoms with Crippen molar-refractivity contribution in [3.63, 3.8) is 0 Å². The lowest BCUT2D eigenvalue weighted by atomic mass is 10.0. The number of allylic oxidation sites excluding steroid dienone is 2. The zero-order valence-corrected chi connectivity index (χ0v) is 32.8. The number of amides is 2. The highest BCUT2D eigenvalue weighted by molar-refractivity contribution is 6.06. The molecule has 15 heteroatoms. The van der Waals surface area contributed by atoms with E-state index in [1.807, 2.05) is 27.0 Å². The van der Waals surface area contributed by atoms with Crippen LogP contribution in [0.4, 0.5) is 23.3 Å². The summed E-state index contributed by atoms with van der Waals surface area (Å²) in [6, 6.07) is 9.85. The molecule has 3 aromatic heterocycles. The standard InChI is InChI=1S/C40H53N11O4/c1-7-49-34(20-26(3)46-49)38(53)45-40-44-31-21-27(37(41)52)22-33-36(31)51(40)29(24-48(33)15-11-17-55-6)13-9-8-12-28-23-47(14-10-16-54-5)32-19-25(2)18-30-35(32)50(28)39(42-4)43-30/h8-9,18-22,28-29H,7,10-17,23-24H2,1-6H3,(H2,41,52)(H,42,43)(H,44,45,53)/b9-8+. The van der Waals surface area contributed by atoms with Crippen LogP contribution in [-0.4, -0.2) is 101 Å². The number of nitrogens with zero attached hydrogens (tertiary/aromatic N) is 8. The van der Waals surface area contributed by atoms with Crippen molar-refractivity contribution in [3.05, 3.63) is 65.0 Å². The molecule has 2 aliphatic rings. The lowest BCUT2D eigenvalue weighted by Crippen LogP contribution is -2.37. The highest BCUT2D eigenvalue weighted by atomic mass is 16.5. The van der Waals surface area contributed by atoms with Crippen molar-refractivity contribution >= 4 is 57.2 Å². The maximum Gasteiger partial charge on any atom is 0.276 e. The van der Waals surface area contributed by atoms with Gasteiger partial charge < -0.3 is 39.5 Å². The summed E-state index contributed by atoms with van der Waals surface area (Å²) < 4.78 is 17.0. The molecule has 292 valence electrons. The maximum atomic E-state index is 13.8. The van der Waals surface area contributed by atoms with E-state index in [2.05, 4.69) is 65.9 Å². The summed E-state index contributed by atoms with van der Waals surface area (Å²) in [5.41, 5.74) is 14.3. The topological polar surface area (TPSA) is 163 Å². The molecule has 0 aliphatic carbocycles. The van der Waals surface area contributed by atoms with Gasteiger partial charge in [-0.05, 0) is 82.3 Å². The highest BCUT2D eigenvalue weighted by Crippen LogP contribution is 2.42. The number of aromatic nitrogens is 6. The van der Waals surface area contributed by atoms with Crippen molar-refractivity contribution in [2.24, 2.45) is 5.73 Å². The number of carbonyl (C=O) groups is 2. The Morgan fingerprint density at radius 1 is 0.855 bits per heavy atom. The van der Waals surface area contributed by atoms with Crippen molar-refractivity contribution in [2.75, 3.05) is 81.1 Å². The third-order valence-corrected chi connectivity index (χ3v) is 10.7. The number of imidazole rings is 2. The van der Waals surface area contributed by atoms with Crippen LogP contribution in [0.15, 0.2) is 42.5 Å². The second-order valence-corrected chi connectivity index (χ2v) is 14.5. The average molecular weight is 752 g/mol. The number of hydrogen-bond donors (Lipinski definition) is 3. The lowest BCUT2D eigenvalue weighted by molar-refractivity contribution is 0.0996. The van der Waals surface area contributed by atoms with Gasteiger partial charge in [-0.1, -0.05) is 12.2 Å². The summed E-state index contributed by atoms with van der Waals surface area (Å²) in [6.07, 6.45) is 7.76. The third-order valence-electron chi connectivity index (χ3n) is 10.7. The van der Waals surface area contributed by atoms with Gasteiger partial charge in [-0.15, -0.1) is 0 Å². The minimum Gasteiger partial charge on any atom is -0.385 e. The Balaban J connectivity index is 1.22. The van der Waals surface area contributed by atoms with Crippen molar-refractivity contribution in [1.29, 1.82) is 0 Å². The van der Waals surface area contributed by atoms with Gasteiger partial charge in [0, 0.05) is 72.8 Å². The molecule has 2 aliphatic heterocycles. The Kier molecular flexibility index (Phi) is 11.1. The Hall–Kier alpha value is -5.41. The van der Waals surface area contributed by atoms with E-state index in [-0.39, 0.29) is 18.0 Å². The smallest absolute Gasteiger partial charge is 0.276 e. The van der Waals surface area contributed by atoms with Crippen molar-refractivity contribution < 1.29 is 19.1 Å². The van der Waals surface area contributed by atoms with Gasteiger partial charge in [0.2, 0.25) is 17.8 Å². The summed E-state index contributed by atoms with van der Waals surface area (Å²) in [4.78, 5) is 40.9. The Morgan fingerprint density at radius 2 is 1.44 bits per heavy atom. The maximum absolute atomic E-state index is 13.8. The summed E-state index contributed by atoms with van der Waals surface area (Å²) >= 11 is 0. The molecule has 7 rings (SSSR count). The van der Waals surface area contributed by atoms with E-state index in [0.717, 1.165) is 72.8 Å². The molecule has 5 aromatic rings. The number of rotatable bonds is 17. The number of hydrogen-bond acceptors (Lipinski definition) is 10. The van der Waals surface area contributed by atoms with E-state index >= 15 is 0 Å². The number of nitrogens with two attached hydrogens (primary N) is 1. The number of anilines is 4. The summed E-state index contributed by atoms with van der Waals surface area (Å²) in [6.45, 7) is 10.9. The van der Waals surface area contributed by atoms with Gasteiger partial charge >= 0.3 is 0 Å². The van der Waals surface area contributed by atoms with E-state index in [1.54, 1.807) is 31.0 Å². The molecular weight excluding hydrogens is 699 g/mol. The van der Waals surface area contributed by atoms with E-state index in [0.29, 0.717) is 55.4 Å². The lowest BCUT2D eigenvalue weighted by Gasteiger charge is -2.37. The normalized spacial score (nSPS) is 16.5. The SMILES string of the molecule is CCn1nc(C)cc1C(=O)Nc1nc2cc(C(N)=O)cc3c2n1C(C/C=C/CC1CN(CCCOC)c2cc(C)cc4nc(NC)n1c24)CN3CCCOC. The van der Waals surface area contributed by atoms with Crippen LogP contribution in [-0.2, 0) is 16.0 Å². The van der Waals surface area contributed by atoms with Crippen LogP contribution in [0.5, 0.6) is 0 Å². The van der Waals surface area contributed by atoms with Crippen LogP contribution in [0.2, 0.25) is 0 Å². The molecule has 0 saturated heterocycles. The molecule has 0 saturated carbocycles. The minimum atomic E-state index is -0.531. The molecule has 2 amide bonds. The summed E-state index contributed by atoms with van der Waals surface area (Å²) in [7, 11) is 5.38. The first kappa shape index (κ1) is 37.9. The molecule has 15 nitrogen and oxygen atoms in total. The van der Waals surface area contributed by atoms with Gasteiger partial charge in [0.15, 0.2) is 0 Å². The Labute approximate surface area is 321 Å². The predicted octanol–water partition coefficient (Wildman–Crippen LogP) is 5.44. The Morgan fingerprint density at radius 3 is 2.02 bits per heavy atom. The molecule has 4 N–H and O–H groups in total. The number of primary amides is 1. The highest BCUT2D eigenvalue weighted by Gasteiger charge is 2.33. The van der Waals surface area contributed by atoms with E-state index in [9.17, 15) is 9.59 Å². The second kappa shape index (κ2) is 16.1. The molecule has 0 fully saturated rings. The predicted molar refractivity (Wildman–Crippen MR) is 217 cm³/mol. The second-order valence-electron chi connectivity index (χ2n) is 14.5. The number of carbonyl (C=O) groups excluding carboxylic acids is 2. The van der Waals surface area contributed by atoms with Crippen LogP contribution in [0, 0.1) is 13.8 Å². The Bertz CT molecular complexity index is 2230. The number of ether oxygens (including phenoxy) is 2. The molecule has 2 unspecified atom stereocenters. The minimum absolute atomic E-state index is 0.0720. The van der Waals surface area contributed by atoms with Crippen LogP contribution < -0.4 is 26.2 Å². The van der Waals surface area contributed by atoms with Gasteiger partial charge in [-0.25, -0.2) is 9.97 Å². The van der Waals surface area contributed by atoms with E-state index in [1.165, 1.54) is 11.3 Å². The first-order valence-corrected chi connectivity index (χ1v) is 19.2. The van der Waals surface area contributed by atoms with Crippen LogP contribution in [0.1, 0.15) is 76.8 Å². The molecule has 2 aromatic carbocycles. The fourth-order valence-corrected chi connectivity index (χ4v) is 8.25. The van der Waals surface area contributed by atoms with Crippen molar-refractivity contribution in [3.8, 4) is 0 Å². The first-order chi connectivity index (χ1) is 26.6. The number of methoxy groups -OCH3 is 2. The van der Waals surface area contributed by atoms with E-state index < -0.39 is 5.91 Å². The molecule has 0 bridgehead atoms. The monoisotopic (exact) mass is 751 g/mol. The van der Waals surface area contributed by atoms with Crippen LogP contribution >= 0.6 is 0 Å². The quantitative estimate of drug-likeness (QED) is 0.0824. The zero-order chi connectivity index (χ0) is 38.8. The molecule has 55 heavy (non-hydrogen) atoms. The molecule has 2 atom stereocenters. The van der Waals surface area contributed by atoms with Crippen molar-refractivity contribution in [2.45, 2.75) is 65.1 Å². The molecular formula is C40H53N11O4. The number of nitrogens with one attached hydrogen (secondary N) is 2. The number of benzene rings is 2. The summed E-state index contributed by atoms with van der Waals surface area (Å²) in [5.74, 6) is 0.460. The third kappa shape index (κ3) is 7.37. The van der Waals surface area contributed by atoms with Gasteiger partial charge in [-0.3, -0.25) is 19.6 Å². The molecule has 5 heterocycles. The van der Waals surface area contributed by atoms with Gasteiger partial charge in [-0.2, -0.15) is 5.10 Å². The largest absolute Gasteiger partial charge is 0.385 e. The van der Waals surface area contributed by atoms with Crippen molar-refractivity contribution in [1.82, 2.24) is 28.9 Å². The van der Waals surface area contributed by atoms with Crippen LogP contribution in [0.3, 0.4) is 0 Å². The van der Waals surface area contributed by atoms with Gasteiger partial charge in [0.1, 0.15) is 5.69 Å². The zero-order valence-electron chi connectivity index (χ0n) is 32.8. The van der Waals surface area contributed by atoms with Gasteiger partial charge in [0.05, 0.1) is 51.2 Å². The average Bonchev–Trinajstić information content (AvgIpc) is 3.86. The van der Waals surface area contributed by atoms with Gasteiger partial charge in [0.25, 0.3) is 5.91 Å². The van der Waals surface area contributed by atoms with E-state index in [4.69, 9.17) is 25.2 Å². The fraction of sp³-hybridized carbons (Fsp3) is 0.475. The molecule has 0 radical (unpaired) electrons. The summed E-state index contributed by atoms with van der Waals surface area (Å²) in [5, 5.41) is 10.9. The first-order valence-electron chi connectivity index (χ1n) is 19.2. The van der Waals surface area contributed by atoms with Crippen LogP contribution in [0.25, 0.3) is 22.1 Å². The number of aryl methyl sites for hydroxylation is 3. The fourth-order valence-electron chi connectivity index (χ4n) is 8.25. The molecule has 0 spiro atoms.